The number of aliphatic carboxylic acids is 1. The van der Waals surface area contributed by atoms with Crippen LogP contribution in [0, 0.1) is 0 Å². The molecule has 1 aromatic carbocycles. The highest BCUT2D eigenvalue weighted by atomic mass is 35.5. The van der Waals surface area contributed by atoms with Gasteiger partial charge in [-0.15, -0.1) is 0 Å². The molecule has 0 aromatic heterocycles. The number of amides is 1. The van der Waals surface area contributed by atoms with E-state index in [1.807, 2.05) is 18.2 Å². The molecule has 1 amide bonds. The summed E-state index contributed by atoms with van der Waals surface area (Å²) in [6, 6.07) is 7.40. The van der Waals surface area contributed by atoms with Gasteiger partial charge in [0.15, 0.2) is 0 Å². The predicted molar refractivity (Wildman–Crippen MR) is 95.6 cm³/mol. The highest BCUT2D eigenvalue weighted by molar-refractivity contribution is 8.26. The number of carboxylic acid groups (broad SMARTS) is 1. The van der Waals surface area contributed by atoms with Gasteiger partial charge in [-0.05, 0) is 29.8 Å². The Kier molecular flexibility index (Phi) is 4.93. The van der Waals surface area contributed by atoms with Crippen LogP contribution in [0.4, 0.5) is 0 Å². The minimum atomic E-state index is -1.10. The van der Waals surface area contributed by atoms with E-state index in [4.69, 9.17) is 33.7 Å². The van der Waals surface area contributed by atoms with Crippen molar-refractivity contribution in [3.63, 3.8) is 0 Å². The molecule has 8 heteroatoms. The largest absolute Gasteiger partial charge is 0.486 e. The molecule has 0 radical (unpaired) electrons. The van der Waals surface area contributed by atoms with Crippen molar-refractivity contribution in [2.24, 2.45) is 0 Å². The first-order chi connectivity index (χ1) is 11.4. The van der Waals surface area contributed by atoms with Gasteiger partial charge >= 0.3 is 5.97 Å². The number of thiocarbonyl (C=S) groups is 1. The lowest BCUT2D eigenvalue weighted by molar-refractivity contribution is -0.140. The second-order valence-corrected chi connectivity index (χ2v) is 7.27. The van der Waals surface area contributed by atoms with E-state index in [9.17, 15) is 9.59 Å². The summed E-state index contributed by atoms with van der Waals surface area (Å²) in [6.45, 7) is -0.435. The number of thioether (sulfide) groups is 1. The molecule has 2 heterocycles. The Bertz CT molecular complexity index is 773. The minimum Gasteiger partial charge on any atom is -0.486 e. The van der Waals surface area contributed by atoms with Crippen LogP contribution in [0.3, 0.4) is 0 Å². The van der Waals surface area contributed by atoms with Crippen LogP contribution in [0.1, 0.15) is 18.1 Å². The molecule has 5 nitrogen and oxygen atoms in total. The lowest BCUT2D eigenvalue weighted by atomic mass is 10.1. The number of hydrogen-bond acceptors (Lipinski definition) is 5. The molecule has 2 aliphatic heterocycles. The monoisotopic (exact) mass is 381 g/mol. The van der Waals surface area contributed by atoms with Crippen LogP contribution in [-0.4, -0.2) is 32.7 Å². The van der Waals surface area contributed by atoms with Crippen LogP contribution in [0.25, 0.3) is 0 Å². The molecule has 1 N–H and O–H groups in total. The van der Waals surface area contributed by atoms with Crippen molar-refractivity contribution in [1.29, 1.82) is 0 Å². The second kappa shape index (κ2) is 6.96. The maximum absolute atomic E-state index is 12.2. The average Bonchev–Trinajstić information content (AvgIpc) is 3.09. The molecule has 24 heavy (non-hydrogen) atoms. The summed E-state index contributed by atoms with van der Waals surface area (Å²) < 4.78 is 6.08. The fourth-order valence-corrected chi connectivity index (χ4v) is 3.72. The number of hydrogen-bond donors (Lipinski definition) is 1. The van der Waals surface area contributed by atoms with Crippen molar-refractivity contribution < 1.29 is 19.4 Å². The summed E-state index contributed by atoms with van der Waals surface area (Å²) in [5.74, 6) is -0.940. The molecule has 0 bridgehead atoms. The summed E-state index contributed by atoms with van der Waals surface area (Å²) in [5.41, 5.74) is 0.998. The lowest BCUT2D eigenvalue weighted by Crippen LogP contribution is -2.33. The average molecular weight is 382 g/mol. The number of allylic oxidation sites excluding steroid dienone is 1. The summed E-state index contributed by atoms with van der Waals surface area (Å²) in [7, 11) is 0. The van der Waals surface area contributed by atoms with Gasteiger partial charge in [0.1, 0.15) is 22.7 Å². The quantitative estimate of drug-likeness (QED) is 0.636. The Morgan fingerprint density at radius 3 is 2.83 bits per heavy atom. The summed E-state index contributed by atoms with van der Waals surface area (Å²) in [5, 5.41) is 9.49. The minimum absolute atomic E-state index is 0.127. The molecule has 3 rings (SSSR count). The lowest BCUT2D eigenvalue weighted by Gasteiger charge is -2.12. The van der Waals surface area contributed by atoms with Crippen molar-refractivity contribution in [2.75, 3.05) is 6.54 Å². The van der Waals surface area contributed by atoms with Crippen LogP contribution in [0.15, 0.2) is 47.1 Å². The van der Waals surface area contributed by atoms with Gasteiger partial charge in [0, 0.05) is 11.4 Å². The van der Waals surface area contributed by atoms with E-state index in [0.717, 1.165) is 22.2 Å². The Hall–Kier alpha value is -1.83. The van der Waals surface area contributed by atoms with Crippen LogP contribution in [-0.2, 0) is 14.3 Å². The van der Waals surface area contributed by atoms with Gasteiger partial charge in [-0.1, -0.05) is 47.7 Å². The number of rotatable bonds is 4. The van der Waals surface area contributed by atoms with Crippen LogP contribution >= 0.6 is 35.6 Å². The van der Waals surface area contributed by atoms with Gasteiger partial charge in [-0.25, -0.2) is 0 Å². The molecule has 0 spiro atoms. The number of benzene rings is 1. The zero-order chi connectivity index (χ0) is 17.3. The fourth-order valence-electron chi connectivity index (χ4n) is 2.36. The van der Waals surface area contributed by atoms with Gasteiger partial charge in [0.05, 0.1) is 4.91 Å². The zero-order valence-corrected chi connectivity index (χ0v) is 14.7. The van der Waals surface area contributed by atoms with Crippen LogP contribution in [0.5, 0.6) is 0 Å². The summed E-state index contributed by atoms with van der Waals surface area (Å²) in [4.78, 5) is 24.4. The van der Waals surface area contributed by atoms with Crippen molar-refractivity contribution in [3.05, 3.63) is 57.7 Å². The first kappa shape index (κ1) is 17.0. The van der Waals surface area contributed by atoms with Crippen LogP contribution in [0.2, 0.25) is 5.02 Å². The van der Waals surface area contributed by atoms with Gasteiger partial charge in [-0.2, -0.15) is 0 Å². The van der Waals surface area contributed by atoms with Crippen molar-refractivity contribution >= 4 is 51.8 Å². The molecular formula is C16H12ClNO4S2. The molecule has 1 fully saturated rings. The predicted octanol–water partition coefficient (Wildman–Crippen LogP) is 3.51. The Morgan fingerprint density at radius 1 is 1.46 bits per heavy atom. The number of halogens is 1. The number of carboxylic acids is 1. The highest BCUT2D eigenvalue weighted by Gasteiger charge is 2.34. The number of carbonyl (C=O) groups excluding carboxylic acids is 1. The first-order valence-electron chi connectivity index (χ1n) is 7.03. The zero-order valence-electron chi connectivity index (χ0n) is 12.3. The maximum atomic E-state index is 12.2. The van der Waals surface area contributed by atoms with E-state index in [-0.39, 0.29) is 10.4 Å². The van der Waals surface area contributed by atoms with E-state index < -0.39 is 18.4 Å². The molecule has 124 valence electrons. The van der Waals surface area contributed by atoms with Crippen molar-refractivity contribution in [1.82, 2.24) is 4.90 Å². The van der Waals surface area contributed by atoms with E-state index in [1.165, 1.54) is 0 Å². The first-order valence-corrected chi connectivity index (χ1v) is 8.64. The fraction of sp³-hybridized carbons (Fsp3) is 0.188. The van der Waals surface area contributed by atoms with Crippen molar-refractivity contribution in [2.45, 2.75) is 12.5 Å². The summed E-state index contributed by atoms with van der Waals surface area (Å²) in [6.07, 6.45) is 4.06. The molecular weight excluding hydrogens is 370 g/mol. The molecule has 0 saturated carbocycles. The van der Waals surface area contributed by atoms with E-state index in [1.54, 1.807) is 18.2 Å². The van der Waals surface area contributed by atoms with Gasteiger partial charge in [-0.3, -0.25) is 14.5 Å². The number of ether oxygens (including phenoxy) is 1. The van der Waals surface area contributed by atoms with E-state index >= 15 is 0 Å². The molecule has 1 atom stereocenters. The third-order valence-corrected chi connectivity index (χ3v) is 5.12. The number of carbonyl (C=O) groups is 2. The van der Waals surface area contributed by atoms with E-state index in [0.29, 0.717) is 22.1 Å². The van der Waals surface area contributed by atoms with Gasteiger partial charge in [0.25, 0.3) is 5.91 Å². The molecule has 1 aromatic rings. The highest BCUT2D eigenvalue weighted by Crippen LogP contribution is 2.36. The third kappa shape index (κ3) is 3.63. The maximum Gasteiger partial charge on any atom is 0.323 e. The summed E-state index contributed by atoms with van der Waals surface area (Å²) >= 11 is 12.0. The Labute approximate surface area is 152 Å². The van der Waals surface area contributed by atoms with Gasteiger partial charge < -0.3 is 9.84 Å². The molecule has 1 saturated heterocycles. The second-order valence-electron chi connectivity index (χ2n) is 5.16. The molecule has 0 aliphatic carbocycles. The number of nitrogens with zero attached hydrogens (tertiary/aromatic N) is 1. The third-order valence-electron chi connectivity index (χ3n) is 3.49. The standard InChI is InChI=1S/C16H12ClNO4S2/c17-10-3-1-9(2-4-10)12-6-5-11(22-12)7-13-15(21)18(8-14(19)20)16(23)24-13/h1-5,7,12H,6,8H2,(H,19,20)/b13-7-. The van der Waals surface area contributed by atoms with E-state index in [2.05, 4.69) is 0 Å². The topological polar surface area (TPSA) is 66.8 Å². The molecule has 1 unspecified atom stereocenters. The van der Waals surface area contributed by atoms with Crippen LogP contribution < -0.4 is 0 Å². The normalized spacial score (nSPS) is 22.0. The SMILES string of the molecule is O=C(O)CN1C(=O)/C(=C/C2=CCC(c3ccc(Cl)cc3)O2)SC1=S. The van der Waals surface area contributed by atoms with Crippen molar-refractivity contribution in [3.8, 4) is 0 Å². The van der Waals surface area contributed by atoms with Gasteiger partial charge in [0.2, 0.25) is 0 Å². The molecule has 2 aliphatic rings. The Balaban J connectivity index is 1.69. The smallest absolute Gasteiger partial charge is 0.323 e. The Morgan fingerprint density at radius 2 is 2.17 bits per heavy atom.